The summed E-state index contributed by atoms with van der Waals surface area (Å²) in [5, 5.41) is 13.3. The molecule has 0 bridgehead atoms. The van der Waals surface area contributed by atoms with E-state index in [0.29, 0.717) is 11.3 Å². The molecule has 1 unspecified atom stereocenters. The zero-order chi connectivity index (χ0) is 19.8. The Hall–Kier alpha value is -2.30. The van der Waals surface area contributed by atoms with Gasteiger partial charge >= 0.3 is 5.97 Å². The van der Waals surface area contributed by atoms with Gasteiger partial charge in [0.25, 0.3) is 0 Å². The molecule has 0 amide bonds. The highest BCUT2D eigenvalue weighted by molar-refractivity contribution is 7.89. The Bertz CT molecular complexity index is 914. The van der Waals surface area contributed by atoms with E-state index in [4.69, 9.17) is 4.52 Å². The molecule has 1 aliphatic rings. The van der Waals surface area contributed by atoms with Gasteiger partial charge < -0.3 is 9.63 Å². The number of rotatable bonds is 5. The summed E-state index contributed by atoms with van der Waals surface area (Å²) in [4.78, 5) is 13.5. The molecule has 0 radical (unpaired) electrons. The molecule has 10 heteroatoms. The minimum Gasteiger partial charge on any atom is -0.480 e. The van der Waals surface area contributed by atoms with Crippen molar-refractivity contribution in [2.45, 2.75) is 24.8 Å². The average Bonchev–Trinajstić information content (AvgIpc) is 2.96. The molecule has 1 saturated heterocycles. The number of aromatic nitrogens is 1. The van der Waals surface area contributed by atoms with Crippen LogP contribution in [-0.4, -0.2) is 60.0 Å². The second-order valence-electron chi connectivity index (χ2n) is 6.39. The third kappa shape index (κ3) is 3.73. The van der Waals surface area contributed by atoms with Gasteiger partial charge in [0.15, 0.2) is 5.76 Å². The number of nitrogens with zero attached hydrogens (tertiary/aromatic N) is 3. The van der Waals surface area contributed by atoms with Crippen LogP contribution in [0.4, 0.5) is 4.39 Å². The average molecular weight is 397 g/mol. The zero-order valence-corrected chi connectivity index (χ0v) is 15.7. The second-order valence-corrected chi connectivity index (χ2v) is 8.26. The van der Waals surface area contributed by atoms with Gasteiger partial charge in [-0.2, -0.15) is 4.31 Å². The van der Waals surface area contributed by atoms with Gasteiger partial charge in [0, 0.05) is 26.2 Å². The molecule has 0 aliphatic carbocycles. The lowest BCUT2D eigenvalue weighted by Gasteiger charge is -2.37. The standard InChI is InChI=1S/C17H20FN3O5S/c1-11-16(12(2)26-19-11)27(24,25)21-9-7-20(8-10-21)15(17(22)23)13-3-5-14(18)6-4-13/h3-6,15H,7-10H2,1-2H3,(H,22,23). The van der Waals surface area contributed by atoms with Crippen molar-refractivity contribution in [3.8, 4) is 0 Å². The monoisotopic (exact) mass is 397 g/mol. The molecule has 2 heterocycles. The first-order chi connectivity index (χ1) is 12.7. The van der Waals surface area contributed by atoms with E-state index < -0.39 is 27.9 Å². The number of benzene rings is 1. The highest BCUT2D eigenvalue weighted by Gasteiger charge is 2.36. The van der Waals surface area contributed by atoms with Gasteiger partial charge in [-0.25, -0.2) is 12.8 Å². The van der Waals surface area contributed by atoms with E-state index in [1.54, 1.807) is 11.8 Å². The fraction of sp³-hybridized carbons (Fsp3) is 0.412. The van der Waals surface area contributed by atoms with Gasteiger partial charge in [-0.1, -0.05) is 17.3 Å². The van der Waals surface area contributed by atoms with Crippen LogP contribution in [0.15, 0.2) is 33.7 Å². The third-order valence-electron chi connectivity index (χ3n) is 4.62. The van der Waals surface area contributed by atoms with Gasteiger partial charge in [-0.3, -0.25) is 9.69 Å². The minimum atomic E-state index is -3.77. The van der Waals surface area contributed by atoms with Crippen LogP contribution in [0, 0.1) is 19.7 Å². The summed E-state index contributed by atoms with van der Waals surface area (Å²) in [5.41, 5.74) is 0.746. The molecular weight excluding hydrogens is 377 g/mol. The number of sulfonamides is 1. The van der Waals surface area contributed by atoms with Crippen molar-refractivity contribution in [1.82, 2.24) is 14.4 Å². The van der Waals surface area contributed by atoms with Crippen LogP contribution in [0.5, 0.6) is 0 Å². The normalized spacial score (nSPS) is 17.7. The van der Waals surface area contributed by atoms with Gasteiger partial charge in [0.05, 0.1) is 0 Å². The Balaban J connectivity index is 1.77. The van der Waals surface area contributed by atoms with Crippen molar-refractivity contribution >= 4 is 16.0 Å². The Morgan fingerprint density at radius 2 is 1.78 bits per heavy atom. The molecule has 2 aromatic rings. The van der Waals surface area contributed by atoms with Crippen molar-refractivity contribution in [1.29, 1.82) is 0 Å². The van der Waals surface area contributed by atoms with Crippen LogP contribution in [0.1, 0.15) is 23.1 Å². The molecule has 1 N–H and O–H groups in total. The molecule has 1 aromatic heterocycles. The SMILES string of the molecule is Cc1noc(C)c1S(=O)(=O)N1CCN(C(C(=O)O)c2ccc(F)cc2)CC1. The lowest BCUT2D eigenvalue weighted by molar-refractivity contribution is -0.144. The molecule has 27 heavy (non-hydrogen) atoms. The number of halogens is 1. The van der Waals surface area contributed by atoms with E-state index >= 15 is 0 Å². The smallest absolute Gasteiger partial charge is 0.325 e. The summed E-state index contributed by atoms with van der Waals surface area (Å²) in [6, 6.07) is 4.32. The van der Waals surface area contributed by atoms with Gasteiger partial charge in [-0.15, -0.1) is 0 Å². The van der Waals surface area contributed by atoms with E-state index in [9.17, 15) is 22.7 Å². The number of aryl methyl sites for hydroxylation is 2. The Morgan fingerprint density at radius 3 is 2.26 bits per heavy atom. The number of carbonyl (C=O) groups is 1. The van der Waals surface area contributed by atoms with E-state index in [1.165, 1.54) is 35.5 Å². The predicted molar refractivity (Wildman–Crippen MR) is 93.1 cm³/mol. The number of carboxylic acids is 1. The summed E-state index contributed by atoms with van der Waals surface area (Å²) in [5.74, 6) is -1.29. The third-order valence-corrected chi connectivity index (χ3v) is 6.77. The van der Waals surface area contributed by atoms with Crippen LogP contribution in [-0.2, 0) is 14.8 Å². The first-order valence-electron chi connectivity index (χ1n) is 8.37. The summed E-state index contributed by atoms with van der Waals surface area (Å²) in [6.45, 7) is 3.84. The molecular formula is C17H20FN3O5S. The maximum Gasteiger partial charge on any atom is 0.325 e. The molecule has 3 rings (SSSR count). The van der Waals surface area contributed by atoms with Crippen LogP contribution >= 0.6 is 0 Å². The van der Waals surface area contributed by atoms with Gasteiger partial charge in [-0.05, 0) is 31.5 Å². The minimum absolute atomic E-state index is 0.0595. The predicted octanol–water partition coefficient (Wildman–Crippen LogP) is 1.56. The molecule has 1 aliphatic heterocycles. The highest BCUT2D eigenvalue weighted by Crippen LogP contribution is 2.27. The molecule has 0 saturated carbocycles. The topological polar surface area (TPSA) is 104 Å². The number of hydrogen-bond donors (Lipinski definition) is 1. The van der Waals surface area contributed by atoms with E-state index in [2.05, 4.69) is 5.16 Å². The van der Waals surface area contributed by atoms with Crippen molar-refractivity contribution in [2.75, 3.05) is 26.2 Å². The van der Waals surface area contributed by atoms with Crippen LogP contribution in [0.3, 0.4) is 0 Å². The number of aliphatic carboxylic acids is 1. The largest absolute Gasteiger partial charge is 0.480 e. The van der Waals surface area contributed by atoms with Crippen LogP contribution in [0.2, 0.25) is 0 Å². The fourth-order valence-corrected chi connectivity index (χ4v) is 5.04. The van der Waals surface area contributed by atoms with Gasteiger partial charge in [0.2, 0.25) is 10.0 Å². The lowest BCUT2D eigenvalue weighted by Crippen LogP contribution is -2.51. The zero-order valence-electron chi connectivity index (χ0n) is 14.9. The molecule has 8 nitrogen and oxygen atoms in total. The number of carboxylic acid groups (broad SMARTS) is 1. The van der Waals surface area contributed by atoms with Gasteiger partial charge in [0.1, 0.15) is 22.4 Å². The molecule has 1 atom stereocenters. The first kappa shape index (κ1) is 19.5. The summed E-state index contributed by atoms with van der Waals surface area (Å²) < 4.78 is 45.1. The van der Waals surface area contributed by atoms with Crippen LogP contribution < -0.4 is 0 Å². The van der Waals surface area contributed by atoms with E-state index in [1.807, 2.05) is 0 Å². The Labute approximate surface area is 156 Å². The van der Waals surface area contributed by atoms with E-state index in [-0.39, 0.29) is 36.8 Å². The van der Waals surface area contributed by atoms with Crippen molar-refractivity contribution < 1.29 is 27.2 Å². The molecule has 1 fully saturated rings. The lowest BCUT2D eigenvalue weighted by atomic mass is 10.0. The maximum absolute atomic E-state index is 13.1. The second kappa shape index (κ2) is 7.37. The fourth-order valence-electron chi connectivity index (χ4n) is 3.33. The molecule has 1 aromatic carbocycles. The summed E-state index contributed by atoms with van der Waals surface area (Å²) in [7, 11) is -3.77. The quantitative estimate of drug-likeness (QED) is 0.816. The van der Waals surface area contributed by atoms with Crippen molar-refractivity contribution in [2.24, 2.45) is 0 Å². The van der Waals surface area contributed by atoms with Crippen molar-refractivity contribution in [3.63, 3.8) is 0 Å². The Kier molecular flexibility index (Phi) is 5.31. The Morgan fingerprint density at radius 1 is 1.19 bits per heavy atom. The molecule has 0 spiro atoms. The number of hydrogen-bond acceptors (Lipinski definition) is 6. The van der Waals surface area contributed by atoms with Crippen molar-refractivity contribution in [3.05, 3.63) is 47.1 Å². The molecule has 146 valence electrons. The summed E-state index contributed by atoms with van der Waals surface area (Å²) in [6.07, 6.45) is 0. The van der Waals surface area contributed by atoms with E-state index in [0.717, 1.165) is 0 Å². The maximum atomic E-state index is 13.1. The first-order valence-corrected chi connectivity index (χ1v) is 9.81. The summed E-state index contributed by atoms with van der Waals surface area (Å²) >= 11 is 0. The van der Waals surface area contributed by atoms with Crippen LogP contribution in [0.25, 0.3) is 0 Å². The number of piperazine rings is 1. The highest BCUT2D eigenvalue weighted by atomic mass is 32.2.